The van der Waals surface area contributed by atoms with E-state index in [1.807, 2.05) is 17.0 Å². The highest BCUT2D eigenvalue weighted by atomic mass is 16.2. The van der Waals surface area contributed by atoms with E-state index in [1.54, 1.807) is 0 Å². The summed E-state index contributed by atoms with van der Waals surface area (Å²) in [5, 5.41) is 3.00. The van der Waals surface area contributed by atoms with E-state index >= 15 is 0 Å². The molecule has 1 saturated heterocycles. The van der Waals surface area contributed by atoms with Crippen LogP contribution in [0.25, 0.3) is 0 Å². The van der Waals surface area contributed by atoms with Gasteiger partial charge in [-0.1, -0.05) is 37.3 Å². The lowest BCUT2D eigenvalue weighted by atomic mass is 9.73. The SMILES string of the molecule is CBc1cccc(NC(=O)N2CCCCCC2)c1. The maximum Gasteiger partial charge on any atom is 0.321 e. The molecule has 0 saturated carbocycles. The zero-order valence-corrected chi connectivity index (χ0v) is 11.1. The Hall–Kier alpha value is -1.45. The summed E-state index contributed by atoms with van der Waals surface area (Å²) in [5.74, 6) is 0. The minimum Gasteiger partial charge on any atom is -0.325 e. The lowest BCUT2D eigenvalue weighted by Crippen LogP contribution is -2.35. The molecule has 3 nitrogen and oxygen atoms in total. The fourth-order valence-electron chi connectivity index (χ4n) is 2.35. The van der Waals surface area contributed by atoms with E-state index in [-0.39, 0.29) is 6.03 Å². The van der Waals surface area contributed by atoms with Gasteiger partial charge in [0.05, 0.1) is 0 Å². The Morgan fingerprint density at radius 3 is 2.61 bits per heavy atom. The number of benzene rings is 1. The molecule has 0 unspecified atom stereocenters. The van der Waals surface area contributed by atoms with Crippen LogP contribution in [0.2, 0.25) is 6.82 Å². The molecule has 2 amide bonds. The first kappa shape index (κ1) is 13.0. The third-order valence-corrected chi connectivity index (χ3v) is 3.48. The molecular weight excluding hydrogens is 223 g/mol. The van der Waals surface area contributed by atoms with Gasteiger partial charge in [-0.25, -0.2) is 4.79 Å². The average molecular weight is 244 g/mol. The second kappa shape index (κ2) is 6.48. The monoisotopic (exact) mass is 244 g/mol. The summed E-state index contributed by atoms with van der Waals surface area (Å²) in [6.45, 7) is 3.90. The van der Waals surface area contributed by atoms with Crippen LogP contribution in [0.1, 0.15) is 25.7 Å². The molecule has 1 aromatic rings. The van der Waals surface area contributed by atoms with E-state index in [1.165, 1.54) is 18.3 Å². The van der Waals surface area contributed by atoms with E-state index in [4.69, 9.17) is 0 Å². The van der Waals surface area contributed by atoms with Gasteiger partial charge in [0.1, 0.15) is 0 Å². The highest BCUT2D eigenvalue weighted by Gasteiger charge is 2.15. The largest absolute Gasteiger partial charge is 0.325 e. The van der Waals surface area contributed by atoms with Gasteiger partial charge in [-0.2, -0.15) is 0 Å². The number of carbonyl (C=O) groups is 1. The topological polar surface area (TPSA) is 32.3 Å². The first-order valence-corrected chi connectivity index (χ1v) is 6.94. The van der Waals surface area contributed by atoms with Gasteiger partial charge in [0.2, 0.25) is 0 Å². The van der Waals surface area contributed by atoms with Crippen molar-refractivity contribution < 1.29 is 4.79 Å². The van der Waals surface area contributed by atoms with E-state index in [2.05, 4.69) is 24.3 Å². The summed E-state index contributed by atoms with van der Waals surface area (Å²) in [6.07, 6.45) is 4.75. The van der Waals surface area contributed by atoms with Crippen LogP contribution in [0, 0.1) is 0 Å². The average Bonchev–Trinajstić information content (AvgIpc) is 2.68. The van der Waals surface area contributed by atoms with Crippen LogP contribution in [-0.4, -0.2) is 31.3 Å². The molecule has 1 aromatic carbocycles. The summed E-state index contributed by atoms with van der Waals surface area (Å²) in [6, 6.07) is 8.13. The van der Waals surface area contributed by atoms with Crippen molar-refractivity contribution in [2.24, 2.45) is 0 Å². The summed E-state index contributed by atoms with van der Waals surface area (Å²) in [4.78, 5) is 14.1. The minimum absolute atomic E-state index is 0.0464. The Labute approximate surface area is 110 Å². The molecule has 1 aliphatic heterocycles. The maximum atomic E-state index is 12.1. The van der Waals surface area contributed by atoms with E-state index in [0.717, 1.165) is 38.9 Å². The number of hydrogen-bond donors (Lipinski definition) is 1. The van der Waals surface area contributed by atoms with Crippen LogP contribution in [0.15, 0.2) is 24.3 Å². The van der Waals surface area contributed by atoms with Crippen LogP contribution in [0.3, 0.4) is 0 Å². The number of nitrogens with one attached hydrogen (secondary N) is 1. The van der Waals surface area contributed by atoms with Crippen LogP contribution >= 0.6 is 0 Å². The van der Waals surface area contributed by atoms with Gasteiger partial charge in [-0.15, -0.1) is 0 Å². The number of likely N-dealkylation sites (tertiary alicyclic amines) is 1. The van der Waals surface area contributed by atoms with Crippen molar-refractivity contribution in [1.29, 1.82) is 0 Å². The molecule has 1 fully saturated rings. The fourth-order valence-corrected chi connectivity index (χ4v) is 2.35. The molecule has 1 N–H and O–H groups in total. The molecule has 1 aliphatic rings. The normalized spacial score (nSPS) is 15.9. The minimum atomic E-state index is 0.0464. The van der Waals surface area contributed by atoms with Crippen molar-refractivity contribution in [1.82, 2.24) is 4.90 Å². The van der Waals surface area contributed by atoms with Crippen molar-refractivity contribution in [3.05, 3.63) is 24.3 Å². The number of hydrogen-bond acceptors (Lipinski definition) is 1. The molecule has 0 atom stereocenters. The molecule has 2 rings (SSSR count). The van der Waals surface area contributed by atoms with Crippen LogP contribution < -0.4 is 10.8 Å². The van der Waals surface area contributed by atoms with Crippen molar-refractivity contribution in [3.63, 3.8) is 0 Å². The molecule has 4 heteroatoms. The number of carbonyl (C=O) groups excluding carboxylic acids is 1. The van der Waals surface area contributed by atoms with Crippen molar-refractivity contribution >= 4 is 24.5 Å². The summed E-state index contributed by atoms with van der Waals surface area (Å²) < 4.78 is 0. The second-order valence-electron chi connectivity index (χ2n) is 4.89. The molecule has 18 heavy (non-hydrogen) atoms. The summed E-state index contributed by atoms with van der Waals surface area (Å²) in [5.41, 5.74) is 2.16. The quantitative estimate of drug-likeness (QED) is 0.795. The lowest BCUT2D eigenvalue weighted by molar-refractivity contribution is 0.214. The van der Waals surface area contributed by atoms with Gasteiger partial charge in [0.25, 0.3) is 0 Å². The third kappa shape index (κ3) is 3.52. The molecular formula is C14H21BN2O. The highest BCUT2D eigenvalue weighted by molar-refractivity contribution is 6.52. The maximum absolute atomic E-state index is 12.1. The van der Waals surface area contributed by atoms with Crippen LogP contribution in [0.4, 0.5) is 10.5 Å². The third-order valence-electron chi connectivity index (χ3n) is 3.48. The van der Waals surface area contributed by atoms with Gasteiger partial charge >= 0.3 is 6.03 Å². The highest BCUT2D eigenvalue weighted by Crippen LogP contribution is 2.12. The van der Waals surface area contributed by atoms with Crippen LogP contribution in [0.5, 0.6) is 0 Å². The number of amides is 2. The standard InChI is InChI=1S/C14H21BN2O/c1-15-12-7-6-8-13(11-12)16-14(18)17-9-4-2-3-5-10-17/h6-8,11,15H,2-5,9-10H2,1H3,(H,16,18). The van der Waals surface area contributed by atoms with Gasteiger partial charge < -0.3 is 10.2 Å². The Morgan fingerprint density at radius 1 is 1.22 bits per heavy atom. The number of rotatable bonds is 2. The zero-order chi connectivity index (χ0) is 12.8. The predicted molar refractivity (Wildman–Crippen MR) is 78.1 cm³/mol. The van der Waals surface area contributed by atoms with E-state index < -0.39 is 0 Å². The van der Waals surface area contributed by atoms with Crippen molar-refractivity contribution in [2.75, 3.05) is 18.4 Å². The smallest absolute Gasteiger partial charge is 0.321 e. The van der Waals surface area contributed by atoms with Crippen molar-refractivity contribution in [3.8, 4) is 0 Å². The van der Waals surface area contributed by atoms with Crippen molar-refractivity contribution in [2.45, 2.75) is 32.5 Å². The van der Waals surface area contributed by atoms with E-state index in [0.29, 0.717) is 0 Å². The van der Waals surface area contributed by atoms with Gasteiger partial charge in [-0.3, -0.25) is 0 Å². The Kier molecular flexibility index (Phi) is 4.68. The molecule has 0 spiro atoms. The van der Waals surface area contributed by atoms with Gasteiger partial charge in [0.15, 0.2) is 7.28 Å². The number of nitrogens with zero attached hydrogens (tertiary/aromatic N) is 1. The Balaban J connectivity index is 1.96. The zero-order valence-electron chi connectivity index (χ0n) is 11.1. The predicted octanol–water partition coefficient (Wildman–Crippen LogP) is 2.20. The Bertz CT molecular complexity index is 401. The summed E-state index contributed by atoms with van der Waals surface area (Å²) in [7, 11) is 0.993. The summed E-state index contributed by atoms with van der Waals surface area (Å²) >= 11 is 0. The Morgan fingerprint density at radius 2 is 1.94 bits per heavy atom. The number of urea groups is 1. The molecule has 96 valence electrons. The molecule has 0 aliphatic carbocycles. The van der Waals surface area contributed by atoms with Gasteiger partial charge in [-0.05, 0) is 25.0 Å². The molecule has 0 aromatic heterocycles. The lowest BCUT2D eigenvalue weighted by Gasteiger charge is -2.20. The van der Waals surface area contributed by atoms with Gasteiger partial charge in [0, 0.05) is 18.8 Å². The second-order valence-corrected chi connectivity index (χ2v) is 4.89. The van der Waals surface area contributed by atoms with E-state index in [9.17, 15) is 4.79 Å². The molecule has 0 radical (unpaired) electrons. The fraction of sp³-hybridized carbons (Fsp3) is 0.500. The molecule has 0 bridgehead atoms. The first-order valence-electron chi connectivity index (χ1n) is 6.94. The number of anilines is 1. The molecule has 1 heterocycles. The van der Waals surface area contributed by atoms with Crippen LogP contribution in [-0.2, 0) is 0 Å². The first-order chi connectivity index (χ1) is 8.79.